The fourth-order valence-electron chi connectivity index (χ4n) is 2.00. The molecule has 0 radical (unpaired) electrons. The highest BCUT2D eigenvalue weighted by Crippen LogP contribution is 2.23. The van der Waals surface area contributed by atoms with Gasteiger partial charge in [0, 0.05) is 26.3 Å². The molecule has 8 heteroatoms. The van der Waals surface area contributed by atoms with Crippen molar-refractivity contribution >= 4 is 28.5 Å². The number of anilines is 1. The predicted octanol–water partition coefficient (Wildman–Crippen LogP) is 1.89. The lowest BCUT2D eigenvalue weighted by molar-refractivity contribution is 0.141. The van der Waals surface area contributed by atoms with Crippen LogP contribution in [0.25, 0.3) is 11.0 Å². The van der Waals surface area contributed by atoms with Crippen molar-refractivity contribution in [1.82, 2.24) is 20.2 Å². The monoisotopic (exact) mass is 313 g/mol. The van der Waals surface area contributed by atoms with Crippen LogP contribution in [0, 0.1) is 0 Å². The maximum atomic E-state index is 5.99. The molecule has 1 N–H and O–H groups in total. The van der Waals surface area contributed by atoms with Crippen LogP contribution in [-0.4, -0.2) is 59.7 Å². The molecule has 0 saturated carbocycles. The molecule has 0 unspecified atom stereocenters. The van der Waals surface area contributed by atoms with Crippen molar-refractivity contribution in [3.05, 3.63) is 11.5 Å². The number of nitrogens with zero attached hydrogens (tertiary/aromatic N) is 4. The summed E-state index contributed by atoms with van der Waals surface area (Å²) in [5.41, 5.74) is 0.628. The lowest BCUT2D eigenvalue weighted by atomic mass is 10.3. The molecule has 0 saturated heterocycles. The molecule has 2 heterocycles. The SMILES string of the molecule is CCOCCN(CCOCC)c1nc(Cl)nc2[nH]ncc12. The highest BCUT2D eigenvalue weighted by atomic mass is 35.5. The van der Waals surface area contributed by atoms with Crippen LogP contribution in [0.5, 0.6) is 0 Å². The van der Waals surface area contributed by atoms with Crippen LogP contribution < -0.4 is 4.90 Å². The van der Waals surface area contributed by atoms with Gasteiger partial charge in [0.15, 0.2) is 5.65 Å². The summed E-state index contributed by atoms with van der Waals surface area (Å²) >= 11 is 5.99. The number of fused-ring (bicyclic) bond motifs is 1. The molecule has 0 atom stereocenters. The van der Waals surface area contributed by atoms with Crippen LogP contribution in [0.4, 0.5) is 5.82 Å². The summed E-state index contributed by atoms with van der Waals surface area (Å²) in [5.74, 6) is 0.748. The van der Waals surface area contributed by atoms with E-state index in [4.69, 9.17) is 21.1 Å². The molecule has 116 valence electrons. The van der Waals surface area contributed by atoms with Crippen LogP contribution in [0.3, 0.4) is 0 Å². The Labute approximate surface area is 128 Å². The molecule has 0 aliphatic carbocycles. The molecule has 21 heavy (non-hydrogen) atoms. The molecule has 0 amide bonds. The number of nitrogens with one attached hydrogen (secondary N) is 1. The minimum absolute atomic E-state index is 0.194. The molecule has 2 rings (SSSR count). The van der Waals surface area contributed by atoms with Gasteiger partial charge in [-0.1, -0.05) is 0 Å². The Morgan fingerprint density at radius 1 is 1.14 bits per heavy atom. The summed E-state index contributed by atoms with van der Waals surface area (Å²) < 4.78 is 10.9. The zero-order valence-corrected chi connectivity index (χ0v) is 13.1. The first-order valence-electron chi connectivity index (χ1n) is 7.03. The normalized spacial score (nSPS) is 11.2. The summed E-state index contributed by atoms with van der Waals surface area (Å²) in [6.45, 7) is 7.95. The first kappa shape index (κ1) is 15.9. The average molecular weight is 314 g/mol. The number of aromatic nitrogens is 4. The molecule has 0 aliphatic rings. The Morgan fingerprint density at radius 2 is 1.81 bits per heavy atom. The van der Waals surface area contributed by atoms with Crippen molar-refractivity contribution in [2.45, 2.75) is 13.8 Å². The van der Waals surface area contributed by atoms with Gasteiger partial charge in [-0.05, 0) is 25.4 Å². The number of hydrogen-bond acceptors (Lipinski definition) is 6. The maximum absolute atomic E-state index is 5.99. The van der Waals surface area contributed by atoms with Gasteiger partial charge in [-0.25, -0.2) is 0 Å². The molecule has 0 spiro atoms. The zero-order chi connectivity index (χ0) is 15.1. The van der Waals surface area contributed by atoms with Crippen molar-refractivity contribution < 1.29 is 9.47 Å². The van der Waals surface area contributed by atoms with Gasteiger partial charge in [0.2, 0.25) is 5.28 Å². The first-order chi connectivity index (χ1) is 10.3. The Balaban J connectivity index is 2.21. The van der Waals surface area contributed by atoms with Crippen LogP contribution in [0.2, 0.25) is 5.28 Å². The minimum Gasteiger partial charge on any atom is -0.380 e. The second-order valence-corrected chi connectivity index (χ2v) is 4.67. The van der Waals surface area contributed by atoms with Crippen LogP contribution in [0.15, 0.2) is 6.20 Å². The summed E-state index contributed by atoms with van der Waals surface area (Å²) in [4.78, 5) is 10.5. The number of aromatic amines is 1. The van der Waals surface area contributed by atoms with Crippen LogP contribution in [-0.2, 0) is 9.47 Å². The number of halogens is 1. The maximum Gasteiger partial charge on any atom is 0.226 e. The van der Waals surface area contributed by atoms with Crippen molar-refractivity contribution in [3.63, 3.8) is 0 Å². The molecular formula is C13H20ClN5O2. The van der Waals surface area contributed by atoms with Crippen molar-refractivity contribution in [2.24, 2.45) is 0 Å². The Hall–Kier alpha value is -1.44. The van der Waals surface area contributed by atoms with Gasteiger partial charge in [-0.2, -0.15) is 15.1 Å². The summed E-state index contributed by atoms with van der Waals surface area (Å²) in [6, 6.07) is 0. The fourth-order valence-corrected chi connectivity index (χ4v) is 2.16. The van der Waals surface area contributed by atoms with Gasteiger partial charge in [-0.3, -0.25) is 5.10 Å². The average Bonchev–Trinajstić information content (AvgIpc) is 2.93. The topological polar surface area (TPSA) is 76.2 Å². The number of hydrogen-bond donors (Lipinski definition) is 1. The van der Waals surface area contributed by atoms with E-state index in [1.807, 2.05) is 13.8 Å². The number of rotatable bonds is 9. The minimum atomic E-state index is 0.194. The second-order valence-electron chi connectivity index (χ2n) is 4.33. The zero-order valence-electron chi connectivity index (χ0n) is 12.3. The van der Waals surface area contributed by atoms with Gasteiger partial charge in [0.25, 0.3) is 0 Å². The smallest absolute Gasteiger partial charge is 0.226 e. The summed E-state index contributed by atoms with van der Waals surface area (Å²) in [6.07, 6.45) is 1.70. The third-order valence-electron chi connectivity index (χ3n) is 2.98. The predicted molar refractivity (Wildman–Crippen MR) is 81.9 cm³/mol. The molecule has 0 aliphatic heterocycles. The molecule has 7 nitrogen and oxygen atoms in total. The van der Waals surface area contributed by atoms with E-state index in [0.717, 1.165) is 11.2 Å². The Morgan fingerprint density at radius 3 is 2.43 bits per heavy atom. The van der Waals surface area contributed by atoms with Gasteiger partial charge >= 0.3 is 0 Å². The largest absolute Gasteiger partial charge is 0.380 e. The van der Waals surface area contributed by atoms with E-state index in [0.29, 0.717) is 45.2 Å². The van der Waals surface area contributed by atoms with E-state index in [2.05, 4.69) is 25.1 Å². The Kier molecular flexibility index (Phi) is 6.16. The van der Waals surface area contributed by atoms with Crippen molar-refractivity contribution in [2.75, 3.05) is 44.4 Å². The second kappa shape index (κ2) is 8.11. The third kappa shape index (κ3) is 4.26. The molecule has 2 aromatic heterocycles. The lowest BCUT2D eigenvalue weighted by Gasteiger charge is -2.24. The number of H-pyrrole nitrogens is 1. The molecular weight excluding hydrogens is 294 g/mol. The molecule has 0 fully saturated rings. The molecule has 0 bridgehead atoms. The molecule has 0 aromatic carbocycles. The standard InChI is InChI=1S/C13H20ClN5O2/c1-3-20-7-5-19(6-8-21-4-2)12-10-9-15-18-11(10)16-13(14)17-12/h9H,3-8H2,1-2H3,(H,15,16,17,18). The van der Waals surface area contributed by atoms with Gasteiger partial charge < -0.3 is 14.4 Å². The fraction of sp³-hybridized carbons (Fsp3) is 0.615. The quantitative estimate of drug-likeness (QED) is 0.563. The van der Waals surface area contributed by atoms with Gasteiger partial charge in [0.05, 0.1) is 24.8 Å². The summed E-state index contributed by atoms with van der Waals surface area (Å²) in [7, 11) is 0. The van der Waals surface area contributed by atoms with E-state index >= 15 is 0 Å². The van der Waals surface area contributed by atoms with E-state index in [9.17, 15) is 0 Å². The van der Waals surface area contributed by atoms with E-state index in [-0.39, 0.29) is 5.28 Å². The first-order valence-corrected chi connectivity index (χ1v) is 7.41. The highest BCUT2D eigenvalue weighted by Gasteiger charge is 2.15. The lowest BCUT2D eigenvalue weighted by Crippen LogP contribution is -2.32. The van der Waals surface area contributed by atoms with E-state index in [1.165, 1.54) is 0 Å². The number of ether oxygens (including phenoxy) is 2. The summed E-state index contributed by atoms with van der Waals surface area (Å²) in [5, 5.41) is 7.85. The Bertz CT molecular complexity index is 552. The van der Waals surface area contributed by atoms with E-state index < -0.39 is 0 Å². The van der Waals surface area contributed by atoms with Crippen molar-refractivity contribution in [1.29, 1.82) is 0 Å². The van der Waals surface area contributed by atoms with Crippen LogP contribution in [0.1, 0.15) is 13.8 Å². The van der Waals surface area contributed by atoms with Crippen LogP contribution >= 0.6 is 11.6 Å². The van der Waals surface area contributed by atoms with Crippen molar-refractivity contribution in [3.8, 4) is 0 Å². The van der Waals surface area contributed by atoms with E-state index in [1.54, 1.807) is 6.20 Å². The third-order valence-corrected chi connectivity index (χ3v) is 3.15. The highest BCUT2D eigenvalue weighted by molar-refractivity contribution is 6.28. The molecule has 2 aromatic rings. The van der Waals surface area contributed by atoms with Gasteiger partial charge in [0.1, 0.15) is 5.82 Å². The van der Waals surface area contributed by atoms with Gasteiger partial charge in [-0.15, -0.1) is 0 Å².